The number of hydrogen-bond donors (Lipinski definition) is 1. The SMILES string of the molecule is COC(=O)c1cnn(C)c1CC(C)O. The Hall–Kier alpha value is -1.36. The van der Waals surface area contributed by atoms with Gasteiger partial charge in [0.15, 0.2) is 0 Å². The molecule has 14 heavy (non-hydrogen) atoms. The summed E-state index contributed by atoms with van der Waals surface area (Å²) in [6.07, 6.45) is 1.33. The highest BCUT2D eigenvalue weighted by atomic mass is 16.5. The number of aromatic nitrogens is 2. The first-order valence-electron chi connectivity index (χ1n) is 4.33. The van der Waals surface area contributed by atoms with Gasteiger partial charge in [-0.05, 0) is 6.92 Å². The number of esters is 1. The first kappa shape index (κ1) is 10.7. The van der Waals surface area contributed by atoms with E-state index in [0.717, 1.165) is 0 Å². The van der Waals surface area contributed by atoms with E-state index >= 15 is 0 Å². The molecule has 1 rings (SSSR count). The average molecular weight is 198 g/mol. The Kier molecular flexibility index (Phi) is 3.24. The smallest absolute Gasteiger partial charge is 0.341 e. The maximum absolute atomic E-state index is 11.3. The van der Waals surface area contributed by atoms with Gasteiger partial charge in [0.05, 0.1) is 25.1 Å². The molecule has 1 aromatic heterocycles. The number of aliphatic hydroxyl groups excluding tert-OH is 1. The van der Waals surface area contributed by atoms with Crippen molar-refractivity contribution < 1.29 is 14.6 Å². The fourth-order valence-electron chi connectivity index (χ4n) is 1.27. The first-order valence-corrected chi connectivity index (χ1v) is 4.33. The van der Waals surface area contributed by atoms with Crippen molar-refractivity contribution in [1.29, 1.82) is 0 Å². The number of nitrogens with zero attached hydrogens (tertiary/aromatic N) is 2. The summed E-state index contributed by atoms with van der Waals surface area (Å²) < 4.78 is 6.17. The summed E-state index contributed by atoms with van der Waals surface area (Å²) in [6, 6.07) is 0. The molecule has 1 aromatic rings. The van der Waals surface area contributed by atoms with Gasteiger partial charge >= 0.3 is 5.97 Å². The zero-order valence-corrected chi connectivity index (χ0v) is 8.52. The van der Waals surface area contributed by atoms with Gasteiger partial charge in [0.25, 0.3) is 0 Å². The third kappa shape index (κ3) is 2.11. The van der Waals surface area contributed by atoms with Crippen LogP contribution in [0.3, 0.4) is 0 Å². The number of ether oxygens (including phenoxy) is 1. The highest BCUT2D eigenvalue weighted by Gasteiger charge is 2.17. The summed E-state index contributed by atoms with van der Waals surface area (Å²) in [6.45, 7) is 1.66. The van der Waals surface area contributed by atoms with Gasteiger partial charge in [0, 0.05) is 13.5 Å². The molecule has 0 aromatic carbocycles. The molecule has 0 fully saturated rings. The lowest BCUT2D eigenvalue weighted by Crippen LogP contribution is -2.13. The Morgan fingerprint density at radius 1 is 1.79 bits per heavy atom. The summed E-state index contributed by atoms with van der Waals surface area (Å²) in [5, 5.41) is 13.2. The van der Waals surface area contributed by atoms with E-state index in [1.807, 2.05) is 0 Å². The number of aliphatic hydroxyl groups is 1. The van der Waals surface area contributed by atoms with Crippen LogP contribution in [0, 0.1) is 0 Å². The molecule has 0 bridgehead atoms. The van der Waals surface area contributed by atoms with E-state index < -0.39 is 12.1 Å². The van der Waals surface area contributed by atoms with Crippen LogP contribution < -0.4 is 0 Å². The molecule has 0 aliphatic rings. The Labute approximate surface area is 82.3 Å². The minimum atomic E-state index is -0.506. The lowest BCUT2D eigenvalue weighted by molar-refractivity contribution is 0.0598. The molecule has 5 heteroatoms. The molecule has 0 saturated heterocycles. The molecule has 0 radical (unpaired) electrons. The monoisotopic (exact) mass is 198 g/mol. The summed E-state index contributed by atoms with van der Waals surface area (Å²) in [5.41, 5.74) is 1.10. The van der Waals surface area contributed by atoms with Crippen LogP contribution in [0.15, 0.2) is 6.20 Å². The molecule has 1 unspecified atom stereocenters. The molecule has 78 valence electrons. The quantitative estimate of drug-likeness (QED) is 0.701. The van der Waals surface area contributed by atoms with Crippen molar-refractivity contribution in [3.8, 4) is 0 Å². The third-order valence-corrected chi connectivity index (χ3v) is 1.96. The van der Waals surface area contributed by atoms with Crippen molar-refractivity contribution in [2.75, 3.05) is 7.11 Å². The fourth-order valence-corrected chi connectivity index (χ4v) is 1.27. The van der Waals surface area contributed by atoms with Crippen LogP contribution in [0.4, 0.5) is 0 Å². The molecule has 0 aliphatic heterocycles. The molecular weight excluding hydrogens is 184 g/mol. The highest BCUT2D eigenvalue weighted by Crippen LogP contribution is 2.11. The minimum absolute atomic E-state index is 0.390. The second-order valence-corrected chi connectivity index (χ2v) is 3.17. The Balaban J connectivity index is 2.99. The predicted octanol–water partition coefficient (Wildman–Crippen LogP) is 0.130. The van der Waals surface area contributed by atoms with Crippen molar-refractivity contribution >= 4 is 5.97 Å². The van der Waals surface area contributed by atoms with Crippen LogP contribution in [0.2, 0.25) is 0 Å². The Bertz CT molecular complexity index is 331. The van der Waals surface area contributed by atoms with Gasteiger partial charge in [-0.15, -0.1) is 0 Å². The van der Waals surface area contributed by atoms with E-state index in [1.54, 1.807) is 18.7 Å². The maximum Gasteiger partial charge on any atom is 0.341 e. The fraction of sp³-hybridized carbons (Fsp3) is 0.556. The van der Waals surface area contributed by atoms with Crippen LogP contribution in [0.25, 0.3) is 0 Å². The van der Waals surface area contributed by atoms with Crippen LogP contribution in [-0.2, 0) is 18.2 Å². The van der Waals surface area contributed by atoms with E-state index in [0.29, 0.717) is 17.7 Å². The lowest BCUT2D eigenvalue weighted by atomic mass is 10.1. The van der Waals surface area contributed by atoms with Gasteiger partial charge in [-0.3, -0.25) is 4.68 Å². The molecule has 1 heterocycles. The van der Waals surface area contributed by atoms with E-state index in [4.69, 9.17) is 0 Å². The van der Waals surface area contributed by atoms with Crippen LogP contribution in [0.1, 0.15) is 23.0 Å². The van der Waals surface area contributed by atoms with E-state index in [9.17, 15) is 9.90 Å². The predicted molar refractivity (Wildman–Crippen MR) is 49.9 cm³/mol. The number of carbonyl (C=O) groups excluding carboxylic acids is 1. The van der Waals surface area contributed by atoms with Crippen LogP contribution in [-0.4, -0.2) is 34.1 Å². The standard InChI is InChI=1S/C9H14N2O3/c1-6(12)4-8-7(9(13)14-3)5-10-11(8)2/h5-6,12H,4H2,1-3H3. The van der Waals surface area contributed by atoms with Crippen LogP contribution >= 0.6 is 0 Å². The molecular formula is C9H14N2O3. The topological polar surface area (TPSA) is 64.3 Å². The van der Waals surface area contributed by atoms with Gasteiger partial charge in [-0.25, -0.2) is 4.79 Å². The van der Waals surface area contributed by atoms with Crippen molar-refractivity contribution in [3.05, 3.63) is 17.5 Å². The lowest BCUT2D eigenvalue weighted by Gasteiger charge is -2.06. The van der Waals surface area contributed by atoms with Gasteiger partial charge in [-0.2, -0.15) is 5.10 Å². The maximum atomic E-state index is 11.3. The van der Waals surface area contributed by atoms with Crippen molar-refractivity contribution in [1.82, 2.24) is 9.78 Å². The Morgan fingerprint density at radius 3 is 2.93 bits per heavy atom. The van der Waals surface area contributed by atoms with Gasteiger partial charge in [-0.1, -0.05) is 0 Å². The van der Waals surface area contributed by atoms with Crippen molar-refractivity contribution in [2.24, 2.45) is 7.05 Å². The third-order valence-electron chi connectivity index (χ3n) is 1.96. The zero-order chi connectivity index (χ0) is 10.7. The summed E-state index contributed by atoms with van der Waals surface area (Å²) in [5.74, 6) is -0.422. The molecule has 0 spiro atoms. The van der Waals surface area contributed by atoms with E-state index in [1.165, 1.54) is 13.3 Å². The van der Waals surface area contributed by atoms with Gasteiger partial charge < -0.3 is 9.84 Å². The van der Waals surface area contributed by atoms with E-state index in [2.05, 4.69) is 9.84 Å². The molecule has 0 saturated carbocycles. The molecule has 5 nitrogen and oxygen atoms in total. The van der Waals surface area contributed by atoms with Gasteiger partial charge in [0.2, 0.25) is 0 Å². The number of rotatable bonds is 3. The minimum Gasteiger partial charge on any atom is -0.465 e. The number of hydrogen-bond acceptors (Lipinski definition) is 4. The normalized spacial score (nSPS) is 12.6. The summed E-state index contributed by atoms with van der Waals surface area (Å²) >= 11 is 0. The average Bonchev–Trinajstić information content (AvgIpc) is 2.46. The summed E-state index contributed by atoms with van der Waals surface area (Å²) in [7, 11) is 3.05. The summed E-state index contributed by atoms with van der Waals surface area (Å²) in [4.78, 5) is 11.3. The van der Waals surface area contributed by atoms with Crippen molar-refractivity contribution in [2.45, 2.75) is 19.4 Å². The molecule has 1 N–H and O–H groups in total. The Morgan fingerprint density at radius 2 is 2.43 bits per heavy atom. The van der Waals surface area contributed by atoms with Crippen LogP contribution in [0.5, 0.6) is 0 Å². The molecule has 0 aliphatic carbocycles. The van der Waals surface area contributed by atoms with E-state index in [-0.39, 0.29) is 0 Å². The number of methoxy groups -OCH3 is 1. The van der Waals surface area contributed by atoms with Gasteiger partial charge in [0.1, 0.15) is 5.56 Å². The zero-order valence-electron chi connectivity index (χ0n) is 8.52. The highest BCUT2D eigenvalue weighted by molar-refractivity contribution is 5.90. The second-order valence-electron chi connectivity index (χ2n) is 3.17. The molecule has 1 atom stereocenters. The first-order chi connectivity index (χ1) is 6.56. The second kappa shape index (κ2) is 4.23. The largest absolute Gasteiger partial charge is 0.465 e. The number of aryl methyl sites for hydroxylation is 1. The number of carbonyl (C=O) groups is 1. The molecule has 0 amide bonds. The van der Waals surface area contributed by atoms with Crippen molar-refractivity contribution in [3.63, 3.8) is 0 Å².